The van der Waals surface area contributed by atoms with E-state index in [1.54, 1.807) is 53.8 Å². The van der Waals surface area contributed by atoms with Gasteiger partial charge < -0.3 is 49.9 Å². The van der Waals surface area contributed by atoms with E-state index in [1.165, 1.54) is 19.5 Å². The highest BCUT2D eigenvalue weighted by Crippen LogP contribution is 2.46. The number of likely N-dealkylation sites (tertiary alicyclic amines) is 2. The van der Waals surface area contributed by atoms with Gasteiger partial charge in [-0.15, -0.1) is 0 Å². The number of rotatable bonds is 11. The lowest BCUT2D eigenvalue weighted by molar-refractivity contribution is -0.136. The van der Waals surface area contributed by atoms with E-state index < -0.39 is 73.1 Å². The minimum atomic E-state index is -3.18. The summed E-state index contributed by atoms with van der Waals surface area (Å²) in [6, 6.07) is 7.16. The minimum Gasteiger partial charge on any atom is -0.470 e. The summed E-state index contributed by atoms with van der Waals surface area (Å²) in [7, 11) is 2.40. The number of aromatic amines is 1. The number of alkyl halides is 2. The van der Waals surface area contributed by atoms with E-state index >= 15 is 4.39 Å². The van der Waals surface area contributed by atoms with E-state index in [0.717, 1.165) is 24.0 Å². The third kappa shape index (κ3) is 8.77. The summed E-state index contributed by atoms with van der Waals surface area (Å²) in [5.74, 6) is -4.11. The summed E-state index contributed by atoms with van der Waals surface area (Å²) >= 11 is 0. The lowest BCUT2D eigenvalue weighted by Gasteiger charge is -2.30. The maximum atomic E-state index is 16.6. The number of alkyl carbamates (subject to hydrolysis) is 2. The maximum Gasteiger partial charge on any atom is 0.407 e. The molecule has 63 heavy (non-hydrogen) atoms. The Kier molecular flexibility index (Phi) is 12.5. The number of aliphatic imine (C=N–C) groups is 1. The Bertz CT molecular complexity index is 2480. The molecule has 2 fully saturated rings. The first-order valence-electron chi connectivity index (χ1n) is 20.8. The Hall–Kier alpha value is -6.53. The Morgan fingerprint density at radius 1 is 1.00 bits per heavy atom. The number of carbonyl (C=O) groups excluding carboxylic acids is 4. The third-order valence-electron chi connectivity index (χ3n) is 11.8. The van der Waals surface area contributed by atoms with Gasteiger partial charge in [0.25, 0.3) is 5.92 Å². The van der Waals surface area contributed by atoms with Crippen LogP contribution in [0.25, 0.3) is 39.1 Å². The van der Waals surface area contributed by atoms with Crippen LogP contribution in [-0.2, 0) is 19.1 Å². The zero-order valence-electron chi connectivity index (χ0n) is 36.1. The molecule has 2 aromatic carbocycles. The number of nitrogens with zero attached hydrogens (tertiary/aromatic N) is 5. The van der Waals surface area contributed by atoms with Crippen molar-refractivity contribution in [2.24, 2.45) is 22.6 Å². The van der Waals surface area contributed by atoms with Crippen LogP contribution in [0.2, 0.25) is 0 Å². The molecule has 2 aromatic heterocycles. The summed E-state index contributed by atoms with van der Waals surface area (Å²) < 4.78 is 63.3. The molecule has 0 radical (unpaired) electrons. The summed E-state index contributed by atoms with van der Waals surface area (Å²) in [5.41, 5.74) is 9.76. The molecule has 5 N–H and O–H groups in total. The zero-order valence-corrected chi connectivity index (χ0v) is 36.1. The topological polar surface area (TPSA) is 198 Å². The van der Waals surface area contributed by atoms with E-state index in [9.17, 15) is 28.0 Å². The maximum absolute atomic E-state index is 16.6. The summed E-state index contributed by atoms with van der Waals surface area (Å²) in [5, 5.41) is 5.36. The SMILES string of the molecule is COC(=O)N[C@H](C(=O)N1CC(F)(F)C[C@@H]1C=N/C=C(\N)c1ccc2c(c1)c(F)c1n2C(C)Oc2cc(-c3cnc([C@@H]4CCCN4C(=O)[C@@H](NC(=O)OC)C(C)C)[nH]3)ccc2-1)C(C)C. The van der Waals surface area contributed by atoms with Crippen LogP contribution in [-0.4, -0.2) is 106 Å². The number of halogens is 3. The van der Waals surface area contributed by atoms with E-state index in [1.807, 2.05) is 32.9 Å². The normalized spacial score (nSPS) is 20.4. The fourth-order valence-corrected chi connectivity index (χ4v) is 8.54. The lowest BCUT2D eigenvalue weighted by atomic mass is 10.0. The number of carbonyl (C=O) groups is 4. The molecule has 0 bridgehead atoms. The molecule has 16 nitrogen and oxygen atoms in total. The van der Waals surface area contributed by atoms with Gasteiger partial charge in [-0.1, -0.05) is 39.8 Å². The first-order chi connectivity index (χ1) is 29.9. The number of hydrogen-bond donors (Lipinski definition) is 4. The number of H-pyrrole nitrogens is 1. The first kappa shape index (κ1) is 44.5. The zero-order chi connectivity index (χ0) is 45.5. The van der Waals surface area contributed by atoms with Crippen molar-refractivity contribution >= 4 is 46.8 Å². The van der Waals surface area contributed by atoms with E-state index in [2.05, 4.69) is 30.3 Å². The van der Waals surface area contributed by atoms with Crippen molar-refractivity contribution in [3.05, 3.63) is 66.0 Å². The lowest BCUT2D eigenvalue weighted by Crippen LogP contribution is -2.53. The number of nitrogens with one attached hydrogen (secondary N) is 3. The number of ether oxygens (including phenoxy) is 3. The second-order valence-corrected chi connectivity index (χ2v) is 16.8. The number of hydrogen-bond acceptors (Lipinski definition) is 10. The standard InChI is InChI=1S/C44H52F3N9O7/c1-22(2)36(52-42(59)61-6)40(57)54-14-8-9-33(54)39-50-20-31(51-39)26-10-12-28-34(16-26)63-24(5)56-32-13-11-25(15-29(32)35(45)38(28)56)30(48)19-49-18-27-17-44(46,47)21-55(27)41(58)37(23(3)4)53-43(60)62-7/h10-13,15-16,18-20,22-24,27,33,36-37H,8-9,14,17,21,48H2,1-7H3,(H,50,51)(H,52,59)(H,53,60)/b30-19-,49-18?/t24?,27-,33+,36+,37+/m1/s1. The van der Waals surface area contributed by atoms with Gasteiger partial charge in [0.15, 0.2) is 12.0 Å². The molecule has 3 aliphatic rings. The molecule has 4 amide bonds. The van der Waals surface area contributed by atoms with Crippen LogP contribution in [0.1, 0.15) is 77.5 Å². The quantitative estimate of drug-likeness (QED) is 0.118. The van der Waals surface area contributed by atoms with Gasteiger partial charge in [0.2, 0.25) is 11.8 Å². The predicted octanol–water partition coefficient (Wildman–Crippen LogP) is 6.74. The summed E-state index contributed by atoms with van der Waals surface area (Å²) in [4.78, 5) is 65.8. The number of nitrogens with two attached hydrogens (primary N) is 1. The number of fused-ring (bicyclic) bond motifs is 5. The number of benzene rings is 2. The monoisotopic (exact) mass is 875 g/mol. The van der Waals surface area contributed by atoms with E-state index in [4.69, 9.17) is 15.2 Å². The van der Waals surface area contributed by atoms with Crippen molar-refractivity contribution in [3.63, 3.8) is 0 Å². The van der Waals surface area contributed by atoms with Gasteiger partial charge in [0, 0.05) is 35.7 Å². The van der Waals surface area contributed by atoms with Gasteiger partial charge in [-0.3, -0.25) is 14.6 Å². The number of amides is 4. The Morgan fingerprint density at radius 3 is 2.32 bits per heavy atom. The van der Waals surface area contributed by atoms with Crippen LogP contribution in [0, 0.1) is 17.7 Å². The fraction of sp³-hybridized carbons (Fsp3) is 0.455. The average molecular weight is 876 g/mol. The van der Waals surface area contributed by atoms with Gasteiger partial charge >= 0.3 is 12.2 Å². The van der Waals surface area contributed by atoms with Crippen LogP contribution < -0.4 is 21.1 Å². The molecular weight excluding hydrogens is 824 g/mol. The van der Waals surface area contributed by atoms with Crippen LogP contribution in [0.3, 0.4) is 0 Å². The van der Waals surface area contributed by atoms with Crippen molar-refractivity contribution in [1.82, 2.24) is 35.0 Å². The number of imidazole rings is 1. The molecule has 7 rings (SSSR count). The average Bonchev–Trinajstić information content (AvgIpc) is 4.06. The Labute approximate surface area is 362 Å². The van der Waals surface area contributed by atoms with Crippen LogP contribution in [0.15, 0.2) is 53.8 Å². The van der Waals surface area contributed by atoms with E-state index in [-0.39, 0.29) is 29.0 Å². The molecular formula is C44H52F3N9O7. The van der Waals surface area contributed by atoms with Crippen LogP contribution in [0.4, 0.5) is 22.8 Å². The highest BCUT2D eigenvalue weighted by molar-refractivity contribution is 5.93. The molecule has 5 atom stereocenters. The summed E-state index contributed by atoms with van der Waals surface area (Å²) in [6.07, 6.45) is 2.81. The van der Waals surface area contributed by atoms with Gasteiger partial charge in [0.05, 0.1) is 67.8 Å². The smallest absolute Gasteiger partial charge is 0.407 e. The third-order valence-corrected chi connectivity index (χ3v) is 11.8. The molecule has 5 heterocycles. The van der Waals surface area contributed by atoms with Gasteiger partial charge in [-0.05, 0) is 61.4 Å². The van der Waals surface area contributed by atoms with E-state index in [0.29, 0.717) is 52.6 Å². The largest absolute Gasteiger partial charge is 0.470 e. The second kappa shape index (κ2) is 17.7. The van der Waals surface area contributed by atoms with Gasteiger partial charge in [-0.2, -0.15) is 0 Å². The van der Waals surface area contributed by atoms with Crippen molar-refractivity contribution in [2.75, 3.05) is 27.3 Å². The Balaban J connectivity index is 1.11. The van der Waals surface area contributed by atoms with Crippen molar-refractivity contribution in [3.8, 4) is 28.3 Å². The van der Waals surface area contributed by atoms with Crippen LogP contribution >= 0.6 is 0 Å². The second-order valence-electron chi connectivity index (χ2n) is 16.8. The molecule has 336 valence electrons. The molecule has 0 spiro atoms. The van der Waals surface area contributed by atoms with Crippen molar-refractivity contribution in [2.45, 2.75) is 90.2 Å². The molecule has 0 saturated carbocycles. The molecule has 0 aliphatic carbocycles. The van der Waals surface area contributed by atoms with Crippen molar-refractivity contribution < 1.29 is 46.6 Å². The molecule has 3 aliphatic heterocycles. The predicted molar refractivity (Wildman–Crippen MR) is 228 cm³/mol. The highest BCUT2D eigenvalue weighted by atomic mass is 19.3. The Morgan fingerprint density at radius 2 is 1.67 bits per heavy atom. The van der Waals surface area contributed by atoms with Crippen LogP contribution in [0.5, 0.6) is 5.75 Å². The fourth-order valence-electron chi connectivity index (χ4n) is 8.54. The van der Waals surface area contributed by atoms with Gasteiger partial charge in [-0.25, -0.2) is 27.7 Å². The van der Waals surface area contributed by atoms with Crippen molar-refractivity contribution in [1.29, 1.82) is 0 Å². The number of aromatic nitrogens is 3. The molecule has 19 heteroatoms. The molecule has 4 aromatic rings. The number of methoxy groups -OCH3 is 2. The molecule has 2 saturated heterocycles. The highest BCUT2D eigenvalue weighted by Gasteiger charge is 2.48. The van der Waals surface area contributed by atoms with Gasteiger partial charge in [0.1, 0.15) is 23.7 Å². The molecule has 1 unspecified atom stereocenters. The first-order valence-corrected chi connectivity index (χ1v) is 20.8. The summed E-state index contributed by atoms with van der Waals surface area (Å²) in [6.45, 7) is 8.54. The minimum absolute atomic E-state index is 0.128.